The van der Waals surface area contributed by atoms with E-state index in [1.807, 2.05) is 33.0 Å². The van der Waals surface area contributed by atoms with Gasteiger partial charge >= 0.3 is 5.97 Å². The monoisotopic (exact) mass is 397 g/mol. The van der Waals surface area contributed by atoms with Crippen molar-refractivity contribution in [2.75, 3.05) is 6.61 Å². The fourth-order valence-corrected chi connectivity index (χ4v) is 2.72. The normalized spacial score (nSPS) is 11.5. The highest BCUT2D eigenvalue weighted by Crippen LogP contribution is 2.22. The van der Waals surface area contributed by atoms with Crippen LogP contribution in [0.1, 0.15) is 53.6 Å². The smallest absolute Gasteiger partial charge is 0.331 e. The predicted octanol–water partition coefficient (Wildman–Crippen LogP) is 2.85. The summed E-state index contributed by atoms with van der Waals surface area (Å²) >= 11 is 0. The number of imide groups is 1. The Morgan fingerprint density at radius 1 is 1.14 bits per heavy atom. The maximum absolute atomic E-state index is 12.2. The van der Waals surface area contributed by atoms with Crippen LogP contribution in [-0.2, 0) is 26.8 Å². The summed E-state index contributed by atoms with van der Waals surface area (Å²) in [5.74, 6) is -1.90. The van der Waals surface area contributed by atoms with Gasteiger partial charge in [-0.1, -0.05) is 32.9 Å². The van der Waals surface area contributed by atoms with Gasteiger partial charge in [-0.15, -0.1) is 0 Å². The van der Waals surface area contributed by atoms with Gasteiger partial charge in [-0.05, 0) is 43.0 Å². The summed E-state index contributed by atoms with van der Waals surface area (Å²) in [6.07, 6.45) is 2.83. The number of benzene rings is 1. The van der Waals surface area contributed by atoms with Crippen LogP contribution in [0.25, 0.3) is 6.08 Å². The molecule has 0 bridgehead atoms. The maximum atomic E-state index is 12.2. The van der Waals surface area contributed by atoms with Gasteiger partial charge in [0.25, 0.3) is 11.8 Å². The number of carbonyl (C=O) groups excluding carboxylic acids is 3. The van der Waals surface area contributed by atoms with E-state index in [2.05, 4.69) is 31.2 Å². The van der Waals surface area contributed by atoms with Gasteiger partial charge in [0.15, 0.2) is 6.61 Å². The highest BCUT2D eigenvalue weighted by molar-refractivity contribution is 6.05. The second-order valence-electron chi connectivity index (χ2n) is 7.85. The molecule has 29 heavy (non-hydrogen) atoms. The standard InChI is InChI=1S/C22H27N3O4/c1-14-18(15(2)25(6)24-14)11-12-20(27)29-13-19(26)23-21(28)16-7-9-17(10-8-16)22(3,4)5/h7-12H,13H2,1-6H3,(H,23,26,28)/b12-11+. The zero-order chi connectivity index (χ0) is 21.8. The number of nitrogens with one attached hydrogen (secondary N) is 1. The number of hydrogen-bond donors (Lipinski definition) is 1. The number of rotatable bonds is 5. The van der Waals surface area contributed by atoms with Crippen molar-refractivity contribution in [1.82, 2.24) is 15.1 Å². The van der Waals surface area contributed by atoms with E-state index >= 15 is 0 Å². The van der Waals surface area contributed by atoms with Crippen LogP contribution in [0.15, 0.2) is 30.3 Å². The van der Waals surface area contributed by atoms with Crippen molar-refractivity contribution in [2.24, 2.45) is 7.05 Å². The number of nitrogens with zero attached hydrogens (tertiary/aromatic N) is 2. The van der Waals surface area contributed by atoms with Crippen molar-refractivity contribution in [3.8, 4) is 0 Å². The second kappa shape index (κ2) is 8.86. The number of esters is 1. The Morgan fingerprint density at radius 2 is 1.76 bits per heavy atom. The Balaban J connectivity index is 1.86. The molecule has 0 saturated carbocycles. The van der Waals surface area contributed by atoms with E-state index in [1.165, 1.54) is 6.08 Å². The molecule has 0 radical (unpaired) electrons. The molecule has 1 N–H and O–H groups in total. The first-order chi connectivity index (χ1) is 13.5. The molecule has 2 rings (SSSR count). The van der Waals surface area contributed by atoms with Crippen LogP contribution in [0.4, 0.5) is 0 Å². The zero-order valence-electron chi connectivity index (χ0n) is 17.7. The van der Waals surface area contributed by atoms with Crippen LogP contribution in [-0.4, -0.2) is 34.2 Å². The van der Waals surface area contributed by atoms with Crippen LogP contribution in [0.3, 0.4) is 0 Å². The molecule has 0 atom stereocenters. The summed E-state index contributed by atoms with van der Waals surface area (Å²) in [5.41, 5.74) is 3.93. The van der Waals surface area contributed by atoms with Crippen LogP contribution < -0.4 is 5.32 Å². The van der Waals surface area contributed by atoms with Gasteiger partial charge in [0, 0.05) is 29.9 Å². The summed E-state index contributed by atoms with van der Waals surface area (Å²) in [6.45, 7) is 9.41. The van der Waals surface area contributed by atoms with E-state index in [1.54, 1.807) is 22.9 Å². The van der Waals surface area contributed by atoms with Gasteiger partial charge in [0.05, 0.1) is 5.69 Å². The third kappa shape index (κ3) is 5.88. The molecule has 0 aliphatic carbocycles. The third-order valence-corrected chi connectivity index (χ3v) is 4.56. The highest BCUT2D eigenvalue weighted by atomic mass is 16.5. The van der Waals surface area contributed by atoms with Crippen molar-refractivity contribution in [2.45, 2.75) is 40.0 Å². The van der Waals surface area contributed by atoms with Crippen molar-refractivity contribution in [3.05, 3.63) is 58.4 Å². The molecule has 0 unspecified atom stereocenters. The molecule has 0 fully saturated rings. The average molecular weight is 397 g/mol. The molecule has 7 nitrogen and oxygen atoms in total. The lowest BCUT2D eigenvalue weighted by Gasteiger charge is -2.18. The van der Waals surface area contributed by atoms with E-state index in [4.69, 9.17) is 4.74 Å². The SMILES string of the molecule is Cc1nn(C)c(C)c1/C=C/C(=O)OCC(=O)NC(=O)c1ccc(C(C)(C)C)cc1. The molecule has 2 aromatic rings. The van der Waals surface area contributed by atoms with Crippen molar-refractivity contribution in [1.29, 1.82) is 0 Å². The first kappa shape index (κ1) is 22.1. The number of carbonyl (C=O) groups is 3. The predicted molar refractivity (Wildman–Crippen MR) is 110 cm³/mol. The van der Waals surface area contributed by atoms with Gasteiger partial charge in [-0.2, -0.15) is 5.10 Å². The Bertz CT molecular complexity index is 948. The van der Waals surface area contributed by atoms with E-state index in [0.29, 0.717) is 5.56 Å². The van der Waals surface area contributed by atoms with Gasteiger partial charge in [0.1, 0.15) is 0 Å². The molecule has 154 valence electrons. The zero-order valence-corrected chi connectivity index (χ0v) is 17.7. The number of ether oxygens (including phenoxy) is 1. The minimum atomic E-state index is -0.689. The summed E-state index contributed by atoms with van der Waals surface area (Å²) in [5, 5.41) is 6.47. The Kier molecular flexibility index (Phi) is 6.74. The molecule has 0 saturated heterocycles. The lowest BCUT2D eigenvalue weighted by Crippen LogP contribution is -2.34. The molecular weight excluding hydrogens is 370 g/mol. The van der Waals surface area contributed by atoms with Crippen molar-refractivity contribution >= 4 is 23.9 Å². The minimum absolute atomic E-state index is 0.0283. The fourth-order valence-electron chi connectivity index (χ4n) is 2.72. The number of aromatic nitrogens is 2. The molecule has 0 spiro atoms. The largest absolute Gasteiger partial charge is 0.452 e. The molecule has 0 aliphatic heterocycles. The third-order valence-electron chi connectivity index (χ3n) is 4.56. The molecular formula is C22H27N3O4. The molecule has 1 heterocycles. The van der Waals surface area contributed by atoms with Crippen LogP contribution in [0.2, 0.25) is 0 Å². The lowest BCUT2D eigenvalue weighted by molar-refractivity contribution is -0.143. The Morgan fingerprint density at radius 3 is 2.28 bits per heavy atom. The second-order valence-corrected chi connectivity index (χ2v) is 7.85. The minimum Gasteiger partial charge on any atom is -0.452 e. The highest BCUT2D eigenvalue weighted by Gasteiger charge is 2.16. The van der Waals surface area contributed by atoms with Crippen molar-refractivity contribution in [3.63, 3.8) is 0 Å². The van der Waals surface area contributed by atoms with Crippen LogP contribution in [0.5, 0.6) is 0 Å². The maximum Gasteiger partial charge on any atom is 0.331 e. The first-order valence-corrected chi connectivity index (χ1v) is 9.29. The Hall–Kier alpha value is -3.22. The number of aryl methyl sites for hydroxylation is 2. The van der Waals surface area contributed by atoms with E-state index in [-0.39, 0.29) is 5.41 Å². The van der Waals surface area contributed by atoms with Crippen molar-refractivity contribution < 1.29 is 19.1 Å². The van der Waals surface area contributed by atoms with Gasteiger partial charge in [-0.3, -0.25) is 19.6 Å². The summed E-state index contributed by atoms with van der Waals surface area (Å²) < 4.78 is 6.61. The summed E-state index contributed by atoms with van der Waals surface area (Å²) in [7, 11) is 1.82. The first-order valence-electron chi connectivity index (χ1n) is 9.29. The molecule has 0 aliphatic rings. The number of hydrogen-bond acceptors (Lipinski definition) is 5. The molecule has 7 heteroatoms. The summed E-state index contributed by atoms with van der Waals surface area (Å²) in [4.78, 5) is 35.9. The quantitative estimate of drug-likeness (QED) is 0.619. The van der Waals surface area contributed by atoms with Crippen LogP contribution >= 0.6 is 0 Å². The van der Waals surface area contributed by atoms with Gasteiger partial charge in [0.2, 0.25) is 0 Å². The Labute approximate surface area is 170 Å². The topological polar surface area (TPSA) is 90.3 Å². The van der Waals surface area contributed by atoms with E-state index in [9.17, 15) is 14.4 Å². The summed E-state index contributed by atoms with van der Waals surface area (Å²) in [6, 6.07) is 7.03. The van der Waals surface area contributed by atoms with Gasteiger partial charge < -0.3 is 4.74 Å². The van der Waals surface area contributed by atoms with E-state index in [0.717, 1.165) is 22.5 Å². The lowest BCUT2D eigenvalue weighted by atomic mass is 9.87. The van der Waals surface area contributed by atoms with Gasteiger partial charge in [-0.25, -0.2) is 4.79 Å². The van der Waals surface area contributed by atoms with E-state index < -0.39 is 24.4 Å². The molecule has 1 aromatic carbocycles. The number of amides is 2. The fraction of sp³-hybridized carbons (Fsp3) is 0.364. The average Bonchev–Trinajstić information content (AvgIpc) is 2.89. The van der Waals surface area contributed by atoms with Crippen LogP contribution in [0, 0.1) is 13.8 Å². The molecule has 2 amide bonds. The molecule has 1 aromatic heterocycles.